The predicted octanol–water partition coefficient (Wildman–Crippen LogP) is 4.84. The monoisotopic (exact) mass is 405 g/mol. The minimum atomic E-state index is 0.0120. The maximum atomic E-state index is 13.3. The first-order valence-corrected chi connectivity index (χ1v) is 11.3. The molecule has 5 heteroatoms. The Kier molecular flexibility index (Phi) is 6.16. The molecule has 0 atom stereocenters. The van der Waals surface area contributed by atoms with Gasteiger partial charge >= 0.3 is 0 Å². The van der Waals surface area contributed by atoms with Gasteiger partial charge in [-0.05, 0) is 43.7 Å². The lowest BCUT2D eigenvalue weighted by atomic mass is 10.1. The molecule has 2 heterocycles. The van der Waals surface area contributed by atoms with E-state index in [4.69, 9.17) is 0 Å². The molecular formula is C24H27N3OS. The highest BCUT2D eigenvalue weighted by Gasteiger charge is 2.21. The molecule has 0 radical (unpaired) electrons. The fraction of sp³-hybridized carbons (Fsp3) is 0.333. The number of amides is 1. The van der Waals surface area contributed by atoms with Crippen molar-refractivity contribution in [2.24, 2.45) is 0 Å². The third-order valence-electron chi connectivity index (χ3n) is 5.30. The molecule has 1 saturated heterocycles. The van der Waals surface area contributed by atoms with E-state index in [0.29, 0.717) is 5.56 Å². The van der Waals surface area contributed by atoms with Crippen LogP contribution < -0.4 is 4.90 Å². The van der Waals surface area contributed by atoms with Crippen LogP contribution in [0.25, 0.3) is 10.9 Å². The maximum Gasteiger partial charge on any atom is 0.258 e. The third kappa shape index (κ3) is 4.62. The number of aromatic nitrogens is 1. The van der Waals surface area contributed by atoms with E-state index in [1.807, 2.05) is 73.0 Å². The van der Waals surface area contributed by atoms with Crippen molar-refractivity contribution >= 4 is 34.3 Å². The molecular weight excluding hydrogens is 378 g/mol. The van der Waals surface area contributed by atoms with Gasteiger partial charge in [-0.1, -0.05) is 30.3 Å². The van der Waals surface area contributed by atoms with E-state index in [-0.39, 0.29) is 11.9 Å². The maximum absolute atomic E-state index is 13.3. The summed E-state index contributed by atoms with van der Waals surface area (Å²) >= 11 is 2.02. The molecule has 29 heavy (non-hydrogen) atoms. The smallest absolute Gasteiger partial charge is 0.258 e. The molecule has 4 rings (SSSR count). The van der Waals surface area contributed by atoms with Crippen molar-refractivity contribution in [3.8, 4) is 0 Å². The number of fused-ring (bicyclic) bond motifs is 1. The van der Waals surface area contributed by atoms with Gasteiger partial charge in [0, 0.05) is 48.1 Å². The second kappa shape index (κ2) is 8.97. The fourth-order valence-electron chi connectivity index (χ4n) is 3.75. The van der Waals surface area contributed by atoms with E-state index in [1.165, 1.54) is 17.1 Å². The first kappa shape index (κ1) is 19.9. The number of carbonyl (C=O) groups excluding carboxylic acids is 1. The number of para-hydroxylation sites is 1. The summed E-state index contributed by atoms with van der Waals surface area (Å²) in [4.78, 5) is 22.2. The van der Waals surface area contributed by atoms with Gasteiger partial charge in [0.1, 0.15) is 0 Å². The Hall–Kier alpha value is -2.37. The highest BCUT2D eigenvalue weighted by molar-refractivity contribution is 7.99. The minimum absolute atomic E-state index is 0.0120. The summed E-state index contributed by atoms with van der Waals surface area (Å²) in [5, 5.41) is 1.04. The van der Waals surface area contributed by atoms with E-state index >= 15 is 0 Å². The van der Waals surface area contributed by atoms with Gasteiger partial charge in [0.05, 0.1) is 17.4 Å². The van der Waals surface area contributed by atoms with Crippen molar-refractivity contribution in [3.05, 3.63) is 71.9 Å². The van der Waals surface area contributed by atoms with Crippen LogP contribution in [0.5, 0.6) is 0 Å². The molecule has 0 spiro atoms. The number of hydrogen-bond acceptors (Lipinski definition) is 4. The van der Waals surface area contributed by atoms with Crippen molar-refractivity contribution in [1.82, 2.24) is 9.88 Å². The molecule has 0 saturated carbocycles. The van der Waals surface area contributed by atoms with Crippen LogP contribution in [-0.4, -0.2) is 46.4 Å². The second-order valence-corrected chi connectivity index (χ2v) is 8.97. The number of anilines is 1. The van der Waals surface area contributed by atoms with Crippen molar-refractivity contribution in [1.29, 1.82) is 0 Å². The van der Waals surface area contributed by atoms with E-state index in [9.17, 15) is 4.79 Å². The zero-order valence-corrected chi connectivity index (χ0v) is 17.9. The molecule has 4 nitrogen and oxygen atoms in total. The van der Waals surface area contributed by atoms with Crippen molar-refractivity contribution in [2.45, 2.75) is 26.4 Å². The lowest BCUT2D eigenvalue weighted by molar-refractivity contribution is 0.0980. The summed E-state index contributed by atoms with van der Waals surface area (Å²) in [7, 11) is 0. The van der Waals surface area contributed by atoms with Crippen LogP contribution in [0.4, 0.5) is 5.69 Å². The molecule has 1 fully saturated rings. The van der Waals surface area contributed by atoms with Gasteiger partial charge in [-0.2, -0.15) is 11.8 Å². The van der Waals surface area contributed by atoms with Gasteiger partial charge in [-0.25, -0.2) is 0 Å². The zero-order valence-electron chi connectivity index (χ0n) is 17.0. The lowest BCUT2D eigenvalue weighted by Gasteiger charge is -2.27. The number of thioether (sulfide) groups is 1. The van der Waals surface area contributed by atoms with Crippen molar-refractivity contribution in [2.75, 3.05) is 29.5 Å². The summed E-state index contributed by atoms with van der Waals surface area (Å²) in [6.45, 7) is 7.31. The van der Waals surface area contributed by atoms with E-state index in [2.05, 4.69) is 22.0 Å². The summed E-state index contributed by atoms with van der Waals surface area (Å²) in [6.07, 6.45) is 1.79. The Balaban J connectivity index is 1.54. The number of rotatable bonds is 5. The Bertz CT molecular complexity index is 981. The van der Waals surface area contributed by atoms with E-state index in [1.54, 1.807) is 6.20 Å². The molecule has 0 aliphatic carbocycles. The number of hydrogen-bond donors (Lipinski definition) is 0. The van der Waals surface area contributed by atoms with Crippen molar-refractivity contribution in [3.63, 3.8) is 0 Å². The fourth-order valence-corrected chi connectivity index (χ4v) is 4.73. The summed E-state index contributed by atoms with van der Waals surface area (Å²) in [5.41, 5.74) is 3.74. The van der Waals surface area contributed by atoms with Gasteiger partial charge in [-0.15, -0.1) is 0 Å². The quantitative estimate of drug-likeness (QED) is 0.609. The Morgan fingerprint density at radius 3 is 2.55 bits per heavy atom. The molecule has 150 valence electrons. The summed E-state index contributed by atoms with van der Waals surface area (Å²) < 4.78 is 0. The largest absolute Gasteiger partial charge is 0.304 e. The molecule has 0 unspecified atom stereocenters. The van der Waals surface area contributed by atoms with E-state index < -0.39 is 0 Å². The normalized spacial score (nSPS) is 15.0. The topological polar surface area (TPSA) is 36.4 Å². The highest BCUT2D eigenvalue weighted by atomic mass is 32.2. The third-order valence-corrected chi connectivity index (χ3v) is 6.24. The summed E-state index contributed by atoms with van der Waals surface area (Å²) in [5.74, 6) is 2.43. The number of benzene rings is 2. The molecule has 3 aromatic rings. The first-order valence-electron chi connectivity index (χ1n) is 10.2. The summed E-state index contributed by atoms with van der Waals surface area (Å²) in [6, 6.07) is 18.2. The van der Waals surface area contributed by atoms with Gasteiger partial charge in [0.2, 0.25) is 0 Å². The van der Waals surface area contributed by atoms with Gasteiger partial charge < -0.3 is 4.90 Å². The molecule has 1 aliphatic rings. The molecule has 1 aromatic heterocycles. The molecule has 1 aliphatic heterocycles. The highest BCUT2D eigenvalue weighted by Crippen LogP contribution is 2.24. The molecule has 1 amide bonds. The number of pyridine rings is 1. The van der Waals surface area contributed by atoms with Crippen LogP contribution in [0.1, 0.15) is 29.8 Å². The average Bonchev–Trinajstić information content (AvgIpc) is 2.75. The van der Waals surface area contributed by atoms with Crippen LogP contribution in [0, 0.1) is 0 Å². The number of nitrogens with zero attached hydrogens (tertiary/aromatic N) is 3. The van der Waals surface area contributed by atoms with Crippen LogP contribution in [-0.2, 0) is 6.54 Å². The van der Waals surface area contributed by atoms with Crippen LogP contribution in [0.3, 0.4) is 0 Å². The van der Waals surface area contributed by atoms with Gasteiger partial charge in [0.15, 0.2) is 0 Å². The standard InChI is InChI=1S/C24H27N3OS/c1-18(2)27(22-15-21-5-3-4-6-23(21)25-16-22)24(28)20-9-7-19(8-10-20)17-26-11-13-29-14-12-26/h3-10,15-16,18H,11-14,17H2,1-2H3. The molecule has 0 bridgehead atoms. The second-order valence-electron chi connectivity index (χ2n) is 7.74. The van der Waals surface area contributed by atoms with Crippen LogP contribution >= 0.6 is 11.8 Å². The number of carbonyl (C=O) groups is 1. The van der Waals surface area contributed by atoms with Crippen molar-refractivity contribution < 1.29 is 4.79 Å². The molecule has 2 aromatic carbocycles. The Morgan fingerprint density at radius 1 is 1.10 bits per heavy atom. The predicted molar refractivity (Wildman–Crippen MR) is 123 cm³/mol. The Morgan fingerprint density at radius 2 is 1.83 bits per heavy atom. The minimum Gasteiger partial charge on any atom is -0.304 e. The lowest BCUT2D eigenvalue weighted by Crippen LogP contribution is -2.37. The first-order chi connectivity index (χ1) is 14.1. The van der Waals surface area contributed by atoms with Gasteiger partial charge in [-0.3, -0.25) is 14.7 Å². The zero-order chi connectivity index (χ0) is 20.2. The van der Waals surface area contributed by atoms with Crippen LogP contribution in [0.2, 0.25) is 0 Å². The van der Waals surface area contributed by atoms with Crippen LogP contribution in [0.15, 0.2) is 60.8 Å². The van der Waals surface area contributed by atoms with Gasteiger partial charge in [0.25, 0.3) is 5.91 Å². The molecule has 0 N–H and O–H groups in total. The van der Waals surface area contributed by atoms with E-state index in [0.717, 1.165) is 36.2 Å². The SMILES string of the molecule is CC(C)N(C(=O)c1ccc(CN2CCSCC2)cc1)c1cnc2ccccc2c1. The Labute approximate surface area is 176 Å². The average molecular weight is 406 g/mol.